The topological polar surface area (TPSA) is 22.4 Å². The van der Waals surface area contributed by atoms with E-state index < -0.39 is 0 Å². The summed E-state index contributed by atoms with van der Waals surface area (Å²) in [6, 6.07) is 6.19. The molecule has 98 valence electrons. The molecule has 5 rings (SSSR count). The van der Waals surface area contributed by atoms with Gasteiger partial charge in [0.2, 0.25) is 0 Å². The molecule has 3 atom stereocenters. The van der Waals surface area contributed by atoms with E-state index in [1.165, 1.54) is 29.6 Å². The largest absolute Gasteiger partial charge is 0.497 e. The van der Waals surface area contributed by atoms with Crippen LogP contribution in [0.4, 0.5) is 0 Å². The standard InChI is InChI=1S/C17H18O2/c1-10-11-3-5-12(6-4-11)17-16(10)14-8-7-13(18-2)9-15(14)19-17/h3,5,7-12H,4,6H2,1-2H3. The van der Waals surface area contributed by atoms with Crippen LogP contribution in [0.2, 0.25) is 0 Å². The SMILES string of the molecule is COc1ccc2c3c(oc2c1)C1C=CC(CC1)C3C. The van der Waals surface area contributed by atoms with Crippen molar-refractivity contribution in [3.63, 3.8) is 0 Å². The number of benzene rings is 1. The number of ether oxygens (including phenoxy) is 1. The van der Waals surface area contributed by atoms with Crippen LogP contribution in [0, 0.1) is 5.92 Å². The lowest BCUT2D eigenvalue weighted by atomic mass is 9.84. The van der Waals surface area contributed by atoms with Crippen molar-refractivity contribution in [2.24, 2.45) is 5.92 Å². The van der Waals surface area contributed by atoms with E-state index in [1.54, 1.807) is 7.11 Å². The lowest BCUT2D eigenvalue weighted by Crippen LogP contribution is -2.07. The summed E-state index contributed by atoms with van der Waals surface area (Å²) < 4.78 is 11.5. The molecule has 2 bridgehead atoms. The fourth-order valence-electron chi connectivity index (χ4n) is 3.68. The van der Waals surface area contributed by atoms with Crippen molar-refractivity contribution in [2.45, 2.75) is 31.6 Å². The summed E-state index contributed by atoms with van der Waals surface area (Å²) in [6.07, 6.45) is 7.24. The van der Waals surface area contributed by atoms with Gasteiger partial charge in [-0.3, -0.25) is 0 Å². The predicted octanol–water partition coefficient (Wildman–Crippen LogP) is 4.61. The molecule has 2 nitrogen and oxygen atoms in total. The van der Waals surface area contributed by atoms with Crippen LogP contribution in [-0.2, 0) is 0 Å². The van der Waals surface area contributed by atoms with Gasteiger partial charge in [-0.15, -0.1) is 0 Å². The summed E-state index contributed by atoms with van der Waals surface area (Å²) in [5.41, 5.74) is 2.40. The minimum Gasteiger partial charge on any atom is -0.497 e. The number of furan rings is 1. The second-order valence-electron chi connectivity index (χ2n) is 5.76. The number of fused-ring (bicyclic) bond motifs is 2. The fraction of sp³-hybridized carbons (Fsp3) is 0.412. The maximum Gasteiger partial charge on any atom is 0.138 e. The van der Waals surface area contributed by atoms with Crippen LogP contribution < -0.4 is 4.74 Å². The van der Waals surface area contributed by atoms with Crippen molar-refractivity contribution in [3.05, 3.63) is 41.7 Å². The normalized spacial score (nSPS) is 28.4. The smallest absolute Gasteiger partial charge is 0.138 e. The van der Waals surface area contributed by atoms with Gasteiger partial charge in [-0.25, -0.2) is 0 Å². The van der Waals surface area contributed by atoms with E-state index in [0.717, 1.165) is 11.3 Å². The van der Waals surface area contributed by atoms with Crippen LogP contribution in [-0.4, -0.2) is 7.11 Å². The first kappa shape index (κ1) is 11.2. The summed E-state index contributed by atoms with van der Waals surface area (Å²) in [7, 11) is 1.70. The van der Waals surface area contributed by atoms with Gasteiger partial charge >= 0.3 is 0 Å². The van der Waals surface area contributed by atoms with Gasteiger partial charge in [0.1, 0.15) is 17.1 Å². The van der Waals surface area contributed by atoms with Gasteiger partial charge in [0, 0.05) is 22.9 Å². The quantitative estimate of drug-likeness (QED) is 0.693. The van der Waals surface area contributed by atoms with Crippen molar-refractivity contribution >= 4 is 11.0 Å². The molecular formula is C17H18O2. The summed E-state index contributed by atoms with van der Waals surface area (Å²) in [5.74, 6) is 3.74. The summed E-state index contributed by atoms with van der Waals surface area (Å²) >= 11 is 0. The lowest BCUT2D eigenvalue weighted by molar-refractivity contribution is 0.413. The fourth-order valence-corrected chi connectivity index (χ4v) is 3.68. The zero-order valence-electron chi connectivity index (χ0n) is 11.3. The van der Waals surface area contributed by atoms with Gasteiger partial charge in [-0.1, -0.05) is 19.1 Å². The van der Waals surface area contributed by atoms with Gasteiger partial charge in [-0.05, 0) is 36.8 Å². The highest BCUT2D eigenvalue weighted by molar-refractivity contribution is 5.85. The van der Waals surface area contributed by atoms with E-state index in [2.05, 4.69) is 25.1 Å². The van der Waals surface area contributed by atoms with Gasteiger partial charge in [0.15, 0.2) is 0 Å². The molecule has 2 aromatic rings. The number of allylic oxidation sites excluding steroid dienone is 2. The molecule has 3 unspecified atom stereocenters. The maximum absolute atomic E-state index is 6.18. The van der Waals surface area contributed by atoms with Gasteiger partial charge in [0.25, 0.3) is 0 Å². The van der Waals surface area contributed by atoms with Crippen LogP contribution in [0.25, 0.3) is 11.0 Å². The first-order valence-electron chi connectivity index (χ1n) is 7.06. The third kappa shape index (κ3) is 1.49. The molecule has 0 fully saturated rings. The highest BCUT2D eigenvalue weighted by Crippen LogP contribution is 2.49. The zero-order valence-corrected chi connectivity index (χ0v) is 11.3. The number of rotatable bonds is 1. The molecule has 3 aliphatic carbocycles. The Labute approximate surface area is 113 Å². The molecule has 1 heterocycles. The Morgan fingerprint density at radius 2 is 2.11 bits per heavy atom. The van der Waals surface area contributed by atoms with Crippen molar-refractivity contribution in [2.75, 3.05) is 7.11 Å². The second-order valence-corrected chi connectivity index (χ2v) is 5.76. The van der Waals surface area contributed by atoms with Crippen LogP contribution >= 0.6 is 0 Å². The molecular weight excluding hydrogens is 236 g/mol. The molecule has 1 aromatic heterocycles. The zero-order chi connectivity index (χ0) is 13.0. The van der Waals surface area contributed by atoms with E-state index in [1.807, 2.05) is 12.1 Å². The minimum absolute atomic E-state index is 0.467. The van der Waals surface area contributed by atoms with E-state index in [9.17, 15) is 0 Å². The molecule has 3 aliphatic rings. The molecule has 0 saturated carbocycles. The Morgan fingerprint density at radius 1 is 1.21 bits per heavy atom. The Hall–Kier alpha value is -1.70. The second kappa shape index (κ2) is 3.89. The molecule has 0 amide bonds. The third-order valence-electron chi connectivity index (χ3n) is 4.80. The van der Waals surface area contributed by atoms with Crippen LogP contribution in [0.5, 0.6) is 5.75 Å². The molecule has 0 spiro atoms. The maximum atomic E-state index is 6.18. The minimum atomic E-state index is 0.467. The predicted molar refractivity (Wildman–Crippen MR) is 75.8 cm³/mol. The molecule has 0 aliphatic heterocycles. The van der Waals surface area contributed by atoms with Gasteiger partial charge < -0.3 is 9.15 Å². The van der Waals surface area contributed by atoms with Crippen LogP contribution in [0.3, 0.4) is 0 Å². The average Bonchev–Trinajstić information content (AvgIpc) is 2.73. The van der Waals surface area contributed by atoms with Crippen molar-refractivity contribution in [3.8, 4) is 5.75 Å². The van der Waals surface area contributed by atoms with E-state index in [-0.39, 0.29) is 0 Å². The van der Waals surface area contributed by atoms with E-state index >= 15 is 0 Å². The van der Waals surface area contributed by atoms with Crippen molar-refractivity contribution in [1.82, 2.24) is 0 Å². The molecule has 0 saturated heterocycles. The van der Waals surface area contributed by atoms with Gasteiger partial charge in [-0.2, -0.15) is 0 Å². The number of hydrogen-bond donors (Lipinski definition) is 0. The molecule has 19 heavy (non-hydrogen) atoms. The average molecular weight is 254 g/mol. The van der Waals surface area contributed by atoms with Crippen LogP contribution in [0.1, 0.15) is 42.9 Å². The lowest BCUT2D eigenvalue weighted by Gasteiger charge is -2.20. The summed E-state index contributed by atoms with van der Waals surface area (Å²) in [5, 5.41) is 1.27. The summed E-state index contributed by atoms with van der Waals surface area (Å²) in [6.45, 7) is 2.33. The van der Waals surface area contributed by atoms with E-state index in [4.69, 9.17) is 9.15 Å². The Balaban J connectivity index is 1.99. The van der Waals surface area contributed by atoms with E-state index in [0.29, 0.717) is 17.8 Å². The Bertz CT molecular complexity index is 665. The monoisotopic (exact) mass is 254 g/mol. The molecule has 0 N–H and O–H groups in total. The molecule has 0 radical (unpaired) electrons. The Kier molecular flexibility index (Phi) is 2.29. The van der Waals surface area contributed by atoms with Crippen molar-refractivity contribution < 1.29 is 9.15 Å². The highest BCUT2D eigenvalue weighted by Gasteiger charge is 2.34. The molecule has 2 heteroatoms. The number of methoxy groups -OCH3 is 1. The highest BCUT2D eigenvalue weighted by atomic mass is 16.5. The third-order valence-corrected chi connectivity index (χ3v) is 4.80. The van der Waals surface area contributed by atoms with Crippen molar-refractivity contribution in [1.29, 1.82) is 0 Å². The Morgan fingerprint density at radius 3 is 2.84 bits per heavy atom. The van der Waals surface area contributed by atoms with Gasteiger partial charge in [0.05, 0.1) is 7.11 Å². The van der Waals surface area contributed by atoms with Crippen LogP contribution in [0.15, 0.2) is 34.8 Å². The first-order chi connectivity index (χ1) is 9.28. The first-order valence-corrected chi connectivity index (χ1v) is 7.06. The molecule has 1 aromatic carbocycles. The summed E-state index contributed by atoms with van der Waals surface area (Å²) in [4.78, 5) is 0. The number of hydrogen-bond acceptors (Lipinski definition) is 2.